The Bertz CT molecular complexity index is 2970. The van der Waals surface area contributed by atoms with Crippen LogP contribution in [0.4, 0.5) is 5.69 Å². The van der Waals surface area contributed by atoms with Crippen LogP contribution in [0.2, 0.25) is 0 Å². The van der Waals surface area contributed by atoms with Crippen LogP contribution < -0.4 is 5.32 Å². The number of aliphatic imine (C=N–C) groups is 1. The number of hydrogen-bond donors (Lipinski definition) is 1. The molecule has 1 aliphatic heterocycles. The van der Waals surface area contributed by atoms with Gasteiger partial charge >= 0.3 is 0 Å². The van der Waals surface area contributed by atoms with E-state index >= 15 is 0 Å². The van der Waals surface area contributed by atoms with E-state index in [1.54, 1.807) is 0 Å². The summed E-state index contributed by atoms with van der Waals surface area (Å²) in [4.78, 5) is 5.04. The van der Waals surface area contributed by atoms with E-state index in [1.165, 1.54) is 33.0 Å². The van der Waals surface area contributed by atoms with E-state index in [1.807, 2.05) is 6.07 Å². The van der Waals surface area contributed by atoms with Gasteiger partial charge in [-0.15, -0.1) is 0 Å². The van der Waals surface area contributed by atoms with Gasteiger partial charge in [-0.2, -0.15) is 0 Å². The van der Waals surface area contributed by atoms with E-state index in [0.717, 1.165) is 66.9 Å². The van der Waals surface area contributed by atoms with Gasteiger partial charge in [0.15, 0.2) is 0 Å². The minimum Gasteiger partial charge on any atom is -0.456 e. The normalized spacial score (nSPS) is 14.0. The number of hydrogen-bond acceptors (Lipinski definition) is 3. The molecule has 0 saturated carbocycles. The molecular formula is C50H33N3O. The van der Waals surface area contributed by atoms with Crippen molar-refractivity contribution in [3.05, 3.63) is 205 Å². The van der Waals surface area contributed by atoms with E-state index < -0.39 is 0 Å². The molecule has 2 aromatic heterocycles. The van der Waals surface area contributed by atoms with Crippen LogP contribution in [0, 0.1) is 0 Å². The predicted octanol–water partition coefficient (Wildman–Crippen LogP) is 12.8. The van der Waals surface area contributed by atoms with Crippen LogP contribution in [0.25, 0.3) is 71.7 Å². The van der Waals surface area contributed by atoms with Crippen molar-refractivity contribution in [1.82, 2.24) is 9.88 Å². The van der Waals surface area contributed by atoms with E-state index in [2.05, 4.69) is 192 Å². The average molecular weight is 692 g/mol. The van der Waals surface area contributed by atoms with Crippen molar-refractivity contribution in [1.29, 1.82) is 0 Å². The molecular weight excluding hydrogens is 659 g/mol. The van der Waals surface area contributed by atoms with Gasteiger partial charge in [0.05, 0.1) is 22.8 Å². The molecule has 1 aliphatic rings. The topological polar surface area (TPSA) is 42.5 Å². The number of nitrogens with one attached hydrogen (secondary N) is 1. The molecule has 1 atom stereocenters. The van der Waals surface area contributed by atoms with Crippen molar-refractivity contribution in [3.8, 4) is 27.9 Å². The summed E-state index contributed by atoms with van der Waals surface area (Å²) in [6.45, 7) is 0. The van der Waals surface area contributed by atoms with Gasteiger partial charge in [-0.05, 0) is 76.3 Å². The summed E-state index contributed by atoms with van der Waals surface area (Å²) >= 11 is 0. The Morgan fingerprint density at radius 2 is 1.04 bits per heavy atom. The second-order valence-corrected chi connectivity index (χ2v) is 14.0. The Labute approximate surface area is 312 Å². The fraction of sp³-hybridized carbons (Fsp3) is 0.0200. The lowest BCUT2D eigenvalue weighted by molar-refractivity contribution is 0.667. The molecule has 11 rings (SSSR count). The highest BCUT2D eigenvalue weighted by Gasteiger charge is 2.27. The number of rotatable bonds is 5. The first-order valence-corrected chi connectivity index (χ1v) is 18.4. The van der Waals surface area contributed by atoms with Gasteiger partial charge in [0.1, 0.15) is 17.0 Å². The largest absolute Gasteiger partial charge is 0.456 e. The summed E-state index contributed by atoms with van der Waals surface area (Å²) in [5.41, 5.74) is 14.2. The lowest BCUT2D eigenvalue weighted by Gasteiger charge is -2.28. The number of nitrogens with zero attached hydrogens (tertiary/aromatic N) is 2. The van der Waals surface area contributed by atoms with Gasteiger partial charge in [-0.25, -0.2) is 4.99 Å². The van der Waals surface area contributed by atoms with Crippen molar-refractivity contribution < 1.29 is 4.42 Å². The third-order valence-corrected chi connectivity index (χ3v) is 10.9. The molecule has 254 valence electrons. The zero-order valence-electron chi connectivity index (χ0n) is 29.3. The molecule has 10 aromatic rings. The Kier molecular flexibility index (Phi) is 6.89. The Balaban J connectivity index is 1.08. The maximum absolute atomic E-state index is 6.73. The van der Waals surface area contributed by atoms with E-state index in [-0.39, 0.29) is 6.04 Å². The van der Waals surface area contributed by atoms with Crippen LogP contribution in [0.3, 0.4) is 0 Å². The number of fused-ring (bicyclic) bond motifs is 7. The van der Waals surface area contributed by atoms with Crippen molar-refractivity contribution in [3.63, 3.8) is 0 Å². The summed E-state index contributed by atoms with van der Waals surface area (Å²) in [5.74, 6) is 0.864. The molecule has 0 amide bonds. The van der Waals surface area contributed by atoms with Crippen LogP contribution in [0.15, 0.2) is 197 Å². The zero-order valence-corrected chi connectivity index (χ0v) is 29.3. The number of amidine groups is 1. The Morgan fingerprint density at radius 3 is 1.70 bits per heavy atom. The van der Waals surface area contributed by atoms with Crippen molar-refractivity contribution in [2.75, 3.05) is 0 Å². The summed E-state index contributed by atoms with van der Waals surface area (Å²) in [5, 5.41) is 8.44. The molecule has 4 nitrogen and oxygen atoms in total. The average Bonchev–Trinajstić information content (AvgIpc) is 3.79. The highest BCUT2D eigenvalue weighted by Crippen LogP contribution is 2.42. The zero-order chi connectivity index (χ0) is 35.6. The van der Waals surface area contributed by atoms with Gasteiger partial charge in [0, 0.05) is 44.4 Å². The second kappa shape index (κ2) is 12.2. The standard InChI is InChI=1S/C50H33N3O/c1-4-13-32(14-5-1)35-23-27-44-41(29-35)42-30-36(33-15-6-2-7-16-33)24-28-45(42)53(44)37-25-26-39-47(31-37)54-46-22-12-20-40(48(39)46)49-38-19-10-11-21-43(38)51-50(52-49)34-17-8-3-9-18-34/h1-31,49H,(H,51,52). The first-order valence-electron chi connectivity index (χ1n) is 18.4. The van der Waals surface area contributed by atoms with Crippen LogP contribution in [0.1, 0.15) is 22.7 Å². The lowest BCUT2D eigenvalue weighted by Crippen LogP contribution is -2.32. The third kappa shape index (κ3) is 4.88. The van der Waals surface area contributed by atoms with Gasteiger partial charge in [0.2, 0.25) is 0 Å². The first kappa shape index (κ1) is 30.5. The highest BCUT2D eigenvalue weighted by atomic mass is 16.3. The highest BCUT2D eigenvalue weighted by molar-refractivity contribution is 6.13. The molecule has 0 spiro atoms. The van der Waals surface area contributed by atoms with Crippen LogP contribution >= 0.6 is 0 Å². The van der Waals surface area contributed by atoms with E-state index in [9.17, 15) is 0 Å². The summed E-state index contributed by atoms with van der Waals surface area (Å²) < 4.78 is 9.11. The van der Waals surface area contributed by atoms with Gasteiger partial charge in [-0.3, -0.25) is 0 Å². The maximum atomic E-state index is 6.73. The monoisotopic (exact) mass is 691 g/mol. The number of aromatic nitrogens is 1. The maximum Gasteiger partial charge on any atom is 0.137 e. The number of benzene rings is 8. The SMILES string of the molecule is c1ccc(C2=Nc3ccccc3C(c3cccc4oc5cc(-n6c7ccc(-c8ccccc8)cc7c7cc(-c8ccccc8)ccc76)ccc5c34)N2)cc1. The molecule has 1 unspecified atom stereocenters. The van der Waals surface area contributed by atoms with E-state index in [0.29, 0.717) is 0 Å². The summed E-state index contributed by atoms with van der Waals surface area (Å²) in [6.07, 6.45) is 0. The fourth-order valence-electron chi connectivity index (χ4n) is 8.33. The molecule has 0 bridgehead atoms. The molecule has 0 saturated heterocycles. The molecule has 54 heavy (non-hydrogen) atoms. The molecule has 0 aliphatic carbocycles. The first-order chi connectivity index (χ1) is 26.8. The van der Waals surface area contributed by atoms with Crippen LogP contribution in [-0.4, -0.2) is 10.4 Å². The summed E-state index contributed by atoms with van der Waals surface area (Å²) in [7, 11) is 0. The number of furan rings is 1. The van der Waals surface area contributed by atoms with Gasteiger partial charge < -0.3 is 14.3 Å². The summed E-state index contributed by atoms with van der Waals surface area (Å²) in [6, 6.07) is 66.7. The molecule has 8 aromatic carbocycles. The molecule has 1 N–H and O–H groups in total. The third-order valence-electron chi connectivity index (χ3n) is 10.9. The van der Waals surface area contributed by atoms with Gasteiger partial charge in [-0.1, -0.05) is 133 Å². The van der Waals surface area contributed by atoms with Gasteiger partial charge in [0.25, 0.3) is 0 Å². The molecule has 0 fully saturated rings. The lowest BCUT2D eigenvalue weighted by atomic mass is 9.91. The van der Waals surface area contributed by atoms with Crippen molar-refractivity contribution in [2.24, 2.45) is 4.99 Å². The molecule has 4 heteroatoms. The second-order valence-electron chi connectivity index (χ2n) is 14.0. The van der Waals surface area contributed by atoms with E-state index in [4.69, 9.17) is 9.41 Å². The molecule has 0 radical (unpaired) electrons. The van der Waals surface area contributed by atoms with Crippen LogP contribution in [0.5, 0.6) is 0 Å². The van der Waals surface area contributed by atoms with Crippen molar-refractivity contribution in [2.45, 2.75) is 6.04 Å². The Morgan fingerprint density at radius 1 is 0.444 bits per heavy atom. The minimum atomic E-state index is -0.104. The smallest absolute Gasteiger partial charge is 0.137 e. The van der Waals surface area contributed by atoms with Crippen molar-refractivity contribution >= 4 is 55.3 Å². The molecule has 3 heterocycles. The predicted molar refractivity (Wildman–Crippen MR) is 223 cm³/mol. The Hall–Kier alpha value is -7.17. The minimum absolute atomic E-state index is 0.104. The number of para-hydroxylation sites is 1. The van der Waals surface area contributed by atoms with Crippen LogP contribution in [-0.2, 0) is 0 Å². The quantitative estimate of drug-likeness (QED) is 0.195. The fourth-order valence-corrected chi connectivity index (χ4v) is 8.33.